The first-order valence-corrected chi connectivity index (χ1v) is 10.8. The van der Waals surface area contributed by atoms with Crippen molar-refractivity contribution < 1.29 is 9.53 Å². The van der Waals surface area contributed by atoms with Crippen molar-refractivity contribution in [3.8, 4) is 17.9 Å². The van der Waals surface area contributed by atoms with Crippen LogP contribution in [0.2, 0.25) is 10.0 Å². The lowest BCUT2D eigenvalue weighted by molar-refractivity contribution is -0.112. The number of rotatable bonds is 6. The Morgan fingerprint density at radius 2 is 1.88 bits per heavy atom. The molecule has 0 aliphatic carbocycles. The minimum atomic E-state index is -0.641. The number of ether oxygens (including phenoxy) is 1. The molecule has 0 saturated carbocycles. The molecule has 5 nitrogen and oxygen atoms in total. The topological polar surface area (TPSA) is 85.9 Å². The molecule has 3 aromatic rings. The van der Waals surface area contributed by atoms with E-state index in [-0.39, 0.29) is 22.2 Å². The van der Waals surface area contributed by atoms with E-state index in [0.29, 0.717) is 22.6 Å². The highest BCUT2D eigenvalue weighted by Gasteiger charge is 2.14. The molecule has 0 aliphatic heterocycles. The van der Waals surface area contributed by atoms with Gasteiger partial charge in [-0.1, -0.05) is 63.4 Å². The number of nitrogens with zero attached hydrogens (tertiary/aromatic N) is 2. The molecule has 32 heavy (non-hydrogen) atoms. The number of hydrogen-bond donors (Lipinski definition) is 1. The SMILES string of the molecule is N#C/C(=C/c1cc(Br)ccc1OCc1ccccc1C#N)C(=O)Nc1cccc(Cl)c1Cl. The molecule has 0 radical (unpaired) electrons. The average molecular weight is 527 g/mol. The van der Waals surface area contributed by atoms with E-state index in [1.54, 1.807) is 54.6 Å². The van der Waals surface area contributed by atoms with Crippen LogP contribution in [-0.4, -0.2) is 5.91 Å². The van der Waals surface area contributed by atoms with Gasteiger partial charge in [0.1, 0.15) is 24.0 Å². The maximum atomic E-state index is 12.7. The predicted molar refractivity (Wildman–Crippen MR) is 128 cm³/mol. The molecule has 0 saturated heterocycles. The summed E-state index contributed by atoms with van der Waals surface area (Å²) in [7, 11) is 0. The number of hydrogen-bond acceptors (Lipinski definition) is 4. The number of nitriles is 2. The van der Waals surface area contributed by atoms with Crippen molar-refractivity contribution in [3.05, 3.63) is 97.4 Å². The first kappa shape index (κ1) is 23.4. The maximum Gasteiger partial charge on any atom is 0.266 e. The van der Waals surface area contributed by atoms with Crippen molar-refractivity contribution in [3.63, 3.8) is 0 Å². The van der Waals surface area contributed by atoms with E-state index in [1.165, 1.54) is 6.08 Å². The fraction of sp³-hybridized carbons (Fsp3) is 0.0417. The van der Waals surface area contributed by atoms with Crippen LogP contribution in [0.3, 0.4) is 0 Å². The zero-order chi connectivity index (χ0) is 23.1. The Labute approximate surface area is 203 Å². The number of anilines is 1. The van der Waals surface area contributed by atoms with E-state index >= 15 is 0 Å². The van der Waals surface area contributed by atoms with Crippen LogP contribution in [0.4, 0.5) is 5.69 Å². The molecule has 8 heteroatoms. The van der Waals surface area contributed by atoms with Crippen LogP contribution in [-0.2, 0) is 11.4 Å². The van der Waals surface area contributed by atoms with Crippen molar-refractivity contribution >= 4 is 56.8 Å². The Hall–Kier alpha value is -3.29. The molecule has 0 heterocycles. The summed E-state index contributed by atoms with van der Waals surface area (Å²) < 4.78 is 6.64. The number of amides is 1. The molecule has 0 atom stereocenters. The van der Waals surface area contributed by atoms with E-state index in [9.17, 15) is 15.3 Å². The van der Waals surface area contributed by atoms with E-state index in [4.69, 9.17) is 27.9 Å². The molecule has 1 N–H and O–H groups in total. The van der Waals surface area contributed by atoms with Crippen LogP contribution >= 0.6 is 39.1 Å². The van der Waals surface area contributed by atoms with Gasteiger partial charge in [0.15, 0.2) is 0 Å². The third kappa shape index (κ3) is 5.69. The zero-order valence-electron chi connectivity index (χ0n) is 16.4. The van der Waals surface area contributed by atoms with Gasteiger partial charge in [-0.25, -0.2) is 0 Å². The molecular weight excluding hydrogens is 513 g/mol. The second-order valence-corrected chi connectivity index (χ2v) is 8.17. The van der Waals surface area contributed by atoms with Gasteiger partial charge in [-0.05, 0) is 42.5 Å². The smallest absolute Gasteiger partial charge is 0.266 e. The summed E-state index contributed by atoms with van der Waals surface area (Å²) in [6, 6.07) is 21.2. The molecule has 0 aromatic heterocycles. The summed E-state index contributed by atoms with van der Waals surface area (Å²) >= 11 is 15.5. The largest absolute Gasteiger partial charge is 0.488 e. The normalized spacial score (nSPS) is 10.7. The Morgan fingerprint density at radius 1 is 1.09 bits per heavy atom. The second-order valence-electron chi connectivity index (χ2n) is 6.47. The fourth-order valence-corrected chi connectivity index (χ4v) is 3.49. The first-order chi connectivity index (χ1) is 15.4. The van der Waals surface area contributed by atoms with Crippen molar-refractivity contribution in [1.82, 2.24) is 0 Å². The van der Waals surface area contributed by atoms with Crippen molar-refractivity contribution in [1.29, 1.82) is 10.5 Å². The Morgan fingerprint density at radius 3 is 2.62 bits per heavy atom. The summed E-state index contributed by atoms with van der Waals surface area (Å²) in [6.45, 7) is 0.151. The maximum absolute atomic E-state index is 12.7. The van der Waals surface area contributed by atoms with Crippen LogP contribution < -0.4 is 10.1 Å². The molecule has 0 fully saturated rings. The van der Waals surface area contributed by atoms with Gasteiger partial charge >= 0.3 is 0 Å². The predicted octanol–water partition coefficient (Wildman–Crippen LogP) is 6.75. The third-order valence-electron chi connectivity index (χ3n) is 4.36. The number of nitrogens with one attached hydrogen (secondary N) is 1. The van der Waals surface area contributed by atoms with Gasteiger partial charge in [0.05, 0.1) is 27.4 Å². The van der Waals surface area contributed by atoms with E-state index in [0.717, 1.165) is 10.0 Å². The summed E-state index contributed by atoms with van der Waals surface area (Å²) in [5.74, 6) is -0.195. The number of carbonyl (C=O) groups excluding carboxylic acids is 1. The number of benzene rings is 3. The third-order valence-corrected chi connectivity index (χ3v) is 5.67. The zero-order valence-corrected chi connectivity index (χ0v) is 19.5. The van der Waals surface area contributed by atoms with Crippen molar-refractivity contribution in [2.45, 2.75) is 6.61 Å². The lowest BCUT2D eigenvalue weighted by Crippen LogP contribution is -2.14. The fourth-order valence-electron chi connectivity index (χ4n) is 2.77. The van der Waals surface area contributed by atoms with Crippen LogP contribution in [0, 0.1) is 22.7 Å². The molecule has 0 spiro atoms. The summed E-state index contributed by atoms with van der Waals surface area (Å²) in [5.41, 5.74) is 1.89. The Balaban J connectivity index is 1.88. The summed E-state index contributed by atoms with van der Waals surface area (Å²) in [6.07, 6.45) is 1.42. The van der Waals surface area contributed by atoms with Crippen LogP contribution in [0.25, 0.3) is 6.08 Å². The molecule has 3 aromatic carbocycles. The minimum Gasteiger partial charge on any atom is -0.488 e. The number of carbonyl (C=O) groups is 1. The molecule has 0 aliphatic rings. The van der Waals surface area contributed by atoms with Gasteiger partial charge in [-0.3, -0.25) is 4.79 Å². The first-order valence-electron chi connectivity index (χ1n) is 9.20. The molecule has 3 rings (SSSR count). The van der Waals surface area contributed by atoms with E-state index < -0.39 is 5.91 Å². The van der Waals surface area contributed by atoms with E-state index in [2.05, 4.69) is 27.3 Å². The van der Waals surface area contributed by atoms with Gasteiger partial charge in [-0.15, -0.1) is 0 Å². The van der Waals surface area contributed by atoms with Gasteiger partial charge < -0.3 is 10.1 Å². The monoisotopic (exact) mass is 525 g/mol. The molecule has 1 amide bonds. The summed E-state index contributed by atoms with van der Waals surface area (Å²) in [4.78, 5) is 12.7. The highest BCUT2D eigenvalue weighted by molar-refractivity contribution is 9.10. The second kappa shape index (κ2) is 10.8. The van der Waals surface area contributed by atoms with Crippen molar-refractivity contribution in [2.75, 3.05) is 5.32 Å². The average Bonchev–Trinajstić information content (AvgIpc) is 2.80. The lowest BCUT2D eigenvalue weighted by atomic mass is 10.1. The van der Waals surface area contributed by atoms with Gasteiger partial charge in [0.25, 0.3) is 5.91 Å². The highest BCUT2D eigenvalue weighted by atomic mass is 79.9. The van der Waals surface area contributed by atoms with Gasteiger partial charge in [0, 0.05) is 15.6 Å². The Kier molecular flexibility index (Phi) is 7.92. The number of halogens is 3. The molecule has 0 unspecified atom stereocenters. The van der Waals surface area contributed by atoms with Crippen LogP contribution in [0.15, 0.2) is 70.7 Å². The van der Waals surface area contributed by atoms with Crippen LogP contribution in [0.1, 0.15) is 16.7 Å². The molecular formula is C24H14BrCl2N3O2. The van der Waals surface area contributed by atoms with Crippen LogP contribution in [0.5, 0.6) is 5.75 Å². The standard InChI is InChI=1S/C24H14BrCl2N3O2/c25-19-8-9-22(32-14-16-5-2-1-4-15(16)12-28)17(11-19)10-18(13-29)24(31)30-21-7-3-6-20(26)23(21)27/h1-11H,14H2,(H,30,31)/b18-10-. The lowest BCUT2D eigenvalue weighted by Gasteiger charge is -2.12. The van der Waals surface area contributed by atoms with Gasteiger partial charge in [0.2, 0.25) is 0 Å². The quantitative estimate of drug-likeness (QED) is 0.284. The molecule has 0 bridgehead atoms. The highest BCUT2D eigenvalue weighted by Crippen LogP contribution is 2.30. The Bertz CT molecular complexity index is 1290. The van der Waals surface area contributed by atoms with E-state index in [1.807, 2.05) is 12.1 Å². The summed E-state index contributed by atoms with van der Waals surface area (Å²) in [5, 5.41) is 21.9. The molecule has 158 valence electrons. The van der Waals surface area contributed by atoms with Gasteiger partial charge in [-0.2, -0.15) is 10.5 Å². The van der Waals surface area contributed by atoms with Crippen molar-refractivity contribution in [2.24, 2.45) is 0 Å². The minimum absolute atomic E-state index is 0.151.